The molecule has 0 bridgehead atoms. The van der Waals surface area contributed by atoms with Crippen LogP contribution < -0.4 is 14.4 Å². The summed E-state index contributed by atoms with van der Waals surface area (Å²) in [5.74, 6) is 3.31. The van der Waals surface area contributed by atoms with E-state index in [1.54, 1.807) is 6.20 Å². The van der Waals surface area contributed by atoms with Gasteiger partial charge < -0.3 is 18.8 Å². The van der Waals surface area contributed by atoms with E-state index in [1.165, 1.54) is 25.9 Å². The van der Waals surface area contributed by atoms with Crippen LogP contribution in [0.25, 0.3) is 33.6 Å². The highest BCUT2D eigenvalue weighted by atomic mass is 16.5. The van der Waals surface area contributed by atoms with Crippen LogP contribution in [0.4, 0.5) is 5.82 Å². The molecule has 2 aliphatic rings. The highest BCUT2D eigenvalue weighted by molar-refractivity contribution is 5.92. The predicted octanol–water partition coefficient (Wildman–Crippen LogP) is 4.86. The highest BCUT2D eigenvalue weighted by Gasteiger charge is 2.19. The maximum absolute atomic E-state index is 6.30. The lowest BCUT2D eigenvalue weighted by Crippen LogP contribution is -2.29. The number of likely N-dealkylation sites (N-methyl/N-ethyl adjacent to an activating group) is 1. The van der Waals surface area contributed by atoms with Gasteiger partial charge in [0.15, 0.2) is 17.2 Å². The molecule has 7 nitrogen and oxygen atoms in total. The van der Waals surface area contributed by atoms with Crippen molar-refractivity contribution in [1.29, 1.82) is 0 Å². The Labute approximate surface area is 198 Å². The molecule has 4 aromatic rings. The topological polar surface area (TPSA) is 63.9 Å². The molecule has 174 valence electrons. The van der Waals surface area contributed by atoms with Crippen LogP contribution in [0.3, 0.4) is 0 Å². The number of furan rings is 1. The van der Waals surface area contributed by atoms with Crippen molar-refractivity contribution in [3.8, 4) is 33.9 Å². The van der Waals surface area contributed by atoms with Gasteiger partial charge in [0.05, 0.1) is 6.54 Å². The minimum absolute atomic E-state index is 0.656. The van der Waals surface area contributed by atoms with Gasteiger partial charge in [-0.25, -0.2) is 4.98 Å². The van der Waals surface area contributed by atoms with E-state index in [0.29, 0.717) is 13.2 Å². The molecule has 0 amide bonds. The van der Waals surface area contributed by atoms with Crippen molar-refractivity contribution >= 4 is 16.9 Å². The molecule has 6 rings (SSSR count). The minimum atomic E-state index is 0.656. The van der Waals surface area contributed by atoms with Gasteiger partial charge in [-0.15, -0.1) is 0 Å². The summed E-state index contributed by atoms with van der Waals surface area (Å²) in [5, 5.41) is 0. The molecule has 7 heteroatoms. The summed E-state index contributed by atoms with van der Waals surface area (Å²) < 4.78 is 18.1. The predicted molar refractivity (Wildman–Crippen MR) is 133 cm³/mol. The molecule has 0 spiro atoms. The van der Waals surface area contributed by atoms with Gasteiger partial charge in [-0.3, -0.25) is 9.88 Å². The van der Waals surface area contributed by atoms with Crippen LogP contribution in [0.2, 0.25) is 0 Å². The molecule has 0 atom stereocenters. The van der Waals surface area contributed by atoms with Gasteiger partial charge in [-0.2, -0.15) is 0 Å². The van der Waals surface area contributed by atoms with E-state index in [-0.39, 0.29) is 0 Å². The Morgan fingerprint density at radius 1 is 0.971 bits per heavy atom. The van der Waals surface area contributed by atoms with Crippen LogP contribution in [-0.4, -0.2) is 61.3 Å². The second-order valence-corrected chi connectivity index (χ2v) is 8.92. The first kappa shape index (κ1) is 21.0. The SMILES string of the molecule is CN1CCOc2cc(-c3ccnc4cc(-c5ccc(OCCN6CCCC6)cc5)oc34)cnc21. The summed E-state index contributed by atoms with van der Waals surface area (Å²) >= 11 is 0. The molecular formula is C27H28N4O3. The van der Waals surface area contributed by atoms with Crippen LogP contribution in [0.1, 0.15) is 12.8 Å². The Kier molecular flexibility index (Phi) is 5.55. The number of anilines is 1. The van der Waals surface area contributed by atoms with E-state index >= 15 is 0 Å². The Hall–Kier alpha value is -3.58. The number of rotatable bonds is 6. The van der Waals surface area contributed by atoms with Crippen LogP contribution >= 0.6 is 0 Å². The average Bonchev–Trinajstić information content (AvgIpc) is 3.54. The fourth-order valence-corrected chi connectivity index (χ4v) is 4.70. The van der Waals surface area contributed by atoms with E-state index in [0.717, 1.165) is 64.0 Å². The molecule has 0 radical (unpaired) electrons. The smallest absolute Gasteiger partial charge is 0.171 e. The lowest BCUT2D eigenvalue weighted by Gasteiger charge is -2.26. The van der Waals surface area contributed by atoms with E-state index in [1.807, 2.05) is 55.7 Å². The Balaban J connectivity index is 1.23. The lowest BCUT2D eigenvalue weighted by atomic mass is 10.1. The second kappa shape index (κ2) is 8.99. The van der Waals surface area contributed by atoms with Gasteiger partial charge in [0.2, 0.25) is 0 Å². The van der Waals surface area contributed by atoms with E-state index in [9.17, 15) is 0 Å². The first-order valence-electron chi connectivity index (χ1n) is 11.9. The van der Waals surface area contributed by atoms with Crippen LogP contribution in [0.15, 0.2) is 59.3 Å². The van der Waals surface area contributed by atoms with Gasteiger partial charge >= 0.3 is 0 Å². The second-order valence-electron chi connectivity index (χ2n) is 8.92. The van der Waals surface area contributed by atoms with Gasteiger partial charge in [0, 0.05) is 48.7 Å². The fourth-order valence-electron chi connectivity index (χ4n) is 4.70. The number of likely N-dealkylation sites (tertiary alicyclic amines) is 1. The number of ether oxygens (including phenoxy) is 2. The Morgan fingerprint density at radius 2 is 1.82 bits per heavy atom. The van der Waals surface area contributed by atoms with Gasteiger partial charge in [-0.1, -0.05) is 0 Å². The molecule has 2 aliphatic heterocycles. The normalized spacial score (nSPS) is 16.0. The minimum Gasteiger partial charge on any atom is -0.492 e. The van der Waals surface area contributed by atoms with E-state index in [4.69, 9.17) is 13.9 Å². The first-order valence-corrected chi connectivity index (χ1v) is 11.9. The molecule has 0 saturated carbocycles. The van der Waals surface area contributed by atoms with Crippen molar-refractivity contribution in [2.75, 3.05) is 51.3 Å². The molecule has 3 aromatic heterocycles. The number of nitrogens with zero attached hydrogens (tertiary/aromatic N) is 4. The lowest BCUT2D eigenvalue weighted by molar-refractivity contribution is 0.238. The van der Waals surface area contributed by atoms with Crippen molar-refractivity contribution in [2.24, 2.45) is 0 Å². The molecule has 0 N–H and O–H groups in total. The summed E-state index contributed by atoms with van der Waals surface area (Å²) in [6, 6.07) is 14.0. The van der Waals surface area contributed by atoms with Gasteiger partial charge in [0.1, 0.15) is 30.2 Å². The molecule has 34 heavy (non-hydrogen) atoms. The third-order valence-corrected chi connectivity index (χ3v) is 6.62. The zero-order chi connectivity index (χ0) is 22.9. The van der Waals surface area contributed by atoms with Gasteiger partial charge in [0.25, 0.3) is 0 Å². The third kappa shape index (κ3) is 4.07. The summed E-state index contributed by atoms with van der Waals surface area (Å²) in [6.45, 7) is 5.57. The standard InChI is InChI=1S/C27H28N4O3/c1-30-12-14-33-25-16-20(18-29-27(25)30)22-8-9-28-23-17-24(34-26(22)23)19-4-6-21(7-5-19)32-15-13-31-10-2-3-11-31/h4-9,16-18H,2-3,10-15H2,1H3. The molecular weight excluding hydrogens is 428 g/mol. The number of pyridine rings is 2. The molecule has 5 heterocycles. The summed E-state index contributed by atoms with van der Waals surface area (Å²) in [7, 11) is 2.03. The van der Waals surface area contributed by atoms with E-state index < -0.39 is 0 Å². The molecule has 1 aromatic carbocycles. The molecule has 0 unspecified atom stereocenters. The van der Waals surface area contributed by atoms with Crippen molar-refractivity contribution in [3.05, 3.63) is 54.9 Å². The maximum Gasteiger partial charge on any atom is 0.171 e. The van der Waals surface area contributed by atoms with Crippen LogP contribution in [0.5, 0.6) is 11.5 Å². The monoisotopic (exact) mass is 456 g/mol. The Bertz CT molecular complexity index is 1300. The number of fused-ring (bicyclic) bond motifs is 2. The quantitative estimate of drug-likeness (QED) is 0.411. The highest BCUT2D eigenvalue weighted by Crippen LogP contribution is 2.37. The van der Waals surface area contributed by atoms with Crippen molar-refractivity contribution in [1.82, 2.24) is 14.9 Å². The third-order valence-electron chi connectivity index (χ3n) is 6.62. The van der Waals surface area contributed by atoms with Crippen LogP contribution in [0, 0.1) is 0 Å². The van der Waals surface area contributed by atoms with E-state index in [2.05, 4.69) is 19.8 Å². The number of aromatic nitrogens is 2. The zero-order valence-electron chi connectivity index (χ0n) is 19.4. The van der Waals surface area contributed by atoms with Gasteiger partial charge in [-0.05, 0) is 62.3 Å². The summed E-state index contributed by atoms with van der Waals surface area (Å²) in [6.07, 6.45) is 6.28. The van der Waals surface area contributed by atoms with Crippen molar-refractivity contribution < 1.29 is 13.9 Å². The Morgan fingerprint density at radius 3 is 2.68 bits per heavy atom. The molecule has 1 fully saturated rings. The summed E-state index contributed by atoms with van der Waals surface area (Å²) in [4.78, 5) is 13.7. The van der Waals surface area contributed by atoms with Crippen LogP contribution in [-0.2, 0) is 0 Å². The zero-order valence-corrected chi connectivity index (χ0v) is 19.4. The molecule has 1 saturated heterocycles. The largest absolute Gasteiger partial charge is 0.492 e. The number of benzene rings is 1. The molecule has 0 aliphatic carbocycles. The fraction of sp³-hybridized carbons (Fsp3) is 0.333. The first-order chi connectivity index (χ1) is 16.7. The average molecular weight is 457 g/mol. The van der Waals surface area contributed by atoms with Crippen molar-refractivity contribution in [2.45, 2.75) is 12.8 Å². The maximum atomic E-state index is 6.30. The summed E-state index contributed by atoms with van der Waals surface area (Å²) in [5.41, 5.74) is 4.45. The number of hydrogen-bond acceptors (Lipinski definition) is 7. The number of hydrogen-bond donors (Lipinski definition) is 0. The van der Waals surface area contributed by atoms with Crippen molar-refractivity contribution in [3.63, 3.8) is 0 Å².